The second-order valence-corrected chi connectivity index (χ2v) is 9.99. The zero-order chi connectivity index (χ0) is 25.4. The molecule has 2 aliphatic rings. The number of benzene rings is 1. The molecule has 0 unspecified atom stereocenters. The van der Waals surface area contributed by atoms with Crippen LogP contribution in [0, 0.1) is 12.8 Å². The van der Waals surface area contributed by atoms with E-state index in [1.165, 1.54) is 5.56 Å². The molecule has 1 aromatic carbocycles. The summed E-state index contributed by atoms with van der Waals surface area (Å²) in [7, 11) is 0. The van der Waals surface area contributed by atoms with Crippen molar-refractivity contribution >= 4 is 16.9 Å². The number of aryl methyl sites for hydroxylation is 1. The number of nitrogens with zero attached hydrogens (tertiary/aromatic N) is 7. The van der Waals surface area contributed by atoms with Crippen molar-refractivity contribution in [3.05, 3.63) is 54.5 Å². The Morgan fingerprint density at radius 1 is 1.11 bits per heavy atom. The van der Waals surface area contributed by atoms with E-state index < -0.39 is 6.43 Å². The number of halogens is 2. The summed E-state index contributed by atoms with van der Waals surface area (Å²) < 4.78 is 35.2. The third-order valence-electron chi connectivity index (χ3n) is 7.25. The Bertz CT molecular complexity index is 1380. The maximum Gasteiger partial charge on any atom is 0.251 e. The van der Waals surface area contributed by atoms with E-state index in [0.29, 0.717) is 32.8 Å². The molecule has 2 fully saturated rings. The molecule has 0 bridgehead atoms. The van der Waals surface area contributed by atoms with Crippen molar-refractivity contribution in [1.29, 1.82) is 0 Å². The summed E-state index contributed by atoms with van der Waals surface area (Å²) >= 11 is 0. The van der Waals surface area contributed by atoms with E-state index in [1.54, 1.807) is 0 Å². The maximum atomic E-state index is 12.9. The van der Waals surface area contributed by atoms with Crippen LogP contribution in [0.4, 0.5) is 14.5 Å². The first-order chi connectivity index (χ1) is 18.0. The second kappa shape index (κ2) is 10.2. The number of imidazole rings is 1. The van der Waals surface area contributed by atoms with Crippen LogP contribution >= 0.6 is 0 Å². The maximum absolute atomic E-state index is 12.9. The van der Waals surface area contributed by atoms with E-state index in [1.807, 2.05) is 34.2 Å². The molecule has 6 rings (SSSR count). The van der Waals surface area contributed by atoms with Gasteiger partial charge in [-0.15, -0.1) is 0 Å². The van der Waals surface area contributed by atoms with Crippen LogP contribution in [-0.4, -0.2) is 81.6 Å². The van der Waals surface area contributed by atoms with Gasteiger partial charge >= 0.3 is 0 Å². The summed E-state index contributed by atoms with van der Waals surface area (Å²) in [5, 5.41) is 4.84. The van der Waals surface area contributed by atoms with E-state index in [2.05, 4.69) is 40.7 Å². The summed E-state index contributed by atoms with van der Waals surface area (Å²) in [5.74, 6) is 1.01. The lowest BCUT2D eigenvalue weighted by atomic mass is 10.1. The molecule has 0 N–H and O–H groups in total. The zero-order valence-corrected chi connectivity index (χ0v) is 20.9. The number of hydrogen-bond donors (Lipinski definition) is 0. The lowest BCUT2D eigenvalue weighted by molar-refractivity contribution is 0.0975. The van der Waals surface area contributed by atoms with Crippen molar-refractivity contribution in [1.82, 2.24) is 29.2 Å². The topological polar surface area (TPSA) is 64.2 Å². The van der Waals surface area contributed by atoms with E-state index in [4.69, 9.17) is 19.8 Å². The third kappa shape index (κ3) is 5.08. The Balaban J connectivity index is 1.35. The molecule has 37 heavy (non-hydrogen) atoms. The van der Waals surface area contributed by atoms with Gasteiger partial charge in [0.2, 0.25) is 0 Å². The average Bonchev–Trinajstić information content (AvgIpc) is 3.65. The van der Waals surface area contributed by atoms with Crippen LogP contribution in [0.15, 0.2) is 48.9 Å². The molecule has 0 aliphatic carbocycles. The van der Waals surface area contributed by atoms with Crippen LogP contribution in [0.5, 0.6) is 0 Å². The van der Waals surface area contributed by atoms with Crippen LogP contribution < -0.4 is 4.90 Å². The van der Waals surface area contributed by atoms with Gasteiger partial charge in [0.1, 0.15) is 5.52 Å². The third-order valence-corrected chi connectivity index (χ3v) is 7.25. The molecule has 5 heterocycles. The first-order valence-electron chi connectivity index (χ1n) is 12.9. The average molecular weight is 508 g/mol. The van der Waals surface area contributed by atoms with Gasteiger partial charge in [-0.2, -0.15) is 5.10 Å². The Hall–Kier alpha value is -3.37. The van der Waals surface area contributed by atoms with Crippen LogP contribution in [0.2, 0.25) is 0 Å². The largest absolute Gasteiger partial charge is 0.378 e. The van der Waals surface area contributed by atoms with Gasteiger partial charge in [0.15, 0.2) is 11.5 Å². The number of ether oxygens (including phenoxy) is 1. The Morgan fingerprint density at radius 3 is 2.78 bits per heavy atom. The van der Waals surface area contributed by atoms with Gasteiger partial charge in [-0.1, -0.05) is 23.8 Å². The van der Waals surface area contributed by atoms with Crippen LogP contribution in [0.25, 0.3) is 28.2 Å². The van der Waals surface area contributed by atoms with Crippen LogP contribution in [-0.2, 0) is 11.3 Å². The molecule has 0 amide bonds. The minimum Gasteiger partial charge on any atom is -0.378 e. The van der Waals surface area contributed by atoms with Crippen molar-refractivity contribution in [2.24, 2.45) is 5.92 Å². The minimum absolute atomic E-state index is 0.159. The second-order valence-electron chi connectivity index (χ2n) is 9.99. The summed E-state index contributed by atoms with van der Waals surface area (Å²) in [6.07, 6.45) is 2.37. The highest BCUT2D eigenvalue weighted by Gasteiger charge is 2.26. The highest BCUT2D eigenvalue weighted by molar-refractivity contribution is 5.87. The Labute approximate surface area is 214 Å². The first kappa shape index (κ1) is 24.0. The number of pyridine rings is 1. The van der Waals surface area contributed by atoms with Gasteiger partial charge in [0, 0.05) is 44.0 Å². The molecule has 4 aromatic rings. The summed E-state index contributed by atoms with van der Waals surface area (Å²) in [6.45, 7) is 6.88. The quantitative estimate of drug-likeness (QED) is 0.377. The van der Waals surface area contributed by atoms with Crippen molar-refractivity contribution < 1.29 is 13.5 Å². The fourth-order valence-corrected chi connectivity index (χ4v) is 5.41. The number of anilines is 1. The standard InChI is InChI=1S/C27H31F2N7O/c1-19-3-2-4-21(13-19)22-6-8-36(32-22)25-14-23(34-9-11-37-12-10-34)26-27(31-25)35(18-30-26)16-20-5-7-33(15-20)17-24(28)29/h2-4,6,8,13-14,18,20,24H,5,7,9-12,15-17H2,1H3/t20-/m0/s1. The van der Waals surface area contributed by atoms with Gasteiger partial charge < -0.3 is 14.2 Å². The van der Waals surface area contributed by atoms with Crippen molar-refractivity contribution in [2.75, 3.05) is 50.8 Å². The number of morpholine rings is 1. The predicted octanol–water partition coefficient (Wildman–Crippen LogP) is 4.02. The first-order valence-corrected chi connectivity index (χ1v) is 12.9. The van der Waals surface area contributed by atoms with Crippen LogP contribution in [0.3, 0.4) is 0 Å². The van der Waals surface area contributed by atoms with Crippen molar-refractivity contribution in [3.8, 4) is 17.1 Å². The lowest BCUT2D eigenvalue weighted by Gasteiger charge is -2.29. The highest BCUT2D eigenvalue weighted by Crippen LogP contribution is 2.30. The van der Waals surface area contributed by atoms with Gasteiger partial charge in [0.05, 0.1) is 37.5 Å². The van der Waals surface area contributed by atoms with E-state index >= 15 is 0 Å². The van der Waals surface area contributed by atoms with E-state index in [9.17, 15) is 8.78 Å². The molecule has 3 aromatic heterocycles. The van der Waals surface area contributed by atoms with Gasteiger partial charge in [-0.05, 0) is 37.9 Å². The van der Waals surface area contributed by atoms with Gasteiger partial charge in [-0.25, -0.2) is 23.4 Å². The Kier molecular flexibility index (Phi) is 6.60. The summed E-state index contributed by atoms with van der Waals surface area (Å²) in [6, 6.07) is 12.3. The predicted molar refractivity (Wildman–Crippen MR) is 138 cm³/mol. The molecule has 0 radical (unpaired) electrons. The van der Waals surface area contributed by atoms with Crippen molar-refractivity contribution in [2.45, 2.75) is 26.3 Å². The number of likely N-dealkylation sites (tertiary alicyclic amines) is 1. The van der Waals surface area contributed by atoms with E-state index in [-0.39, 0.29) is 12.5 Å². The zero-order valence-electron chi connectivity index (χ0n) is 20.9. The van der Waals surface area contributed by atoms with Gasteiger partial charge in [-0.3, -0.25) is 4.90 Å². The fourth-order valence-electron chi connectivity index (χ4n) is 5.41. The van der Waals surface area contributed by atoms with Gasteiger partial charge in [0.25, 0.3) is 6.43 Å². The number of aromatic nitrogens is 5. The minimum atomic E-state index is -2.30. The molecule has 2 saturated heterocycles. The SMILES string of the molecule is Cc1cccc(-c2ccn(-c3cc(N4CCOCC4)c4ncn(C[C@H]5CCN(CC(F)F)C5)c4n3)n2)c1. The number of hydrogen-bond acceptors (Lipinski definition) is 6. The molecular weight excluding hydrogens is 476 g/mol. The van der Waals surface area contributed by atoms with E-state index in [0.717, 1.165) is 53.4 Å². The van der Waals surface area contributed by atoms with Crippen LogP contribution in [0.1, 0.15) is 12.0 Å². The monoisotopic (exact) mass is 507 g/mol. The molecule has 10 heteroatoms. The molecule has 1 atom stereocenters. The fraction of sp³-hybridized carbons (Fsp3) is 0.444. The highest BCUT2D eigenvalue weighted by atomic mass is 19.3. The molecule has 194 valence electrons. The number of alkyl halides is 2. The molecule has 0 saturated carbocycles. The smallest absolute Gasteiger partial charge is 0.251 e. The number of fused-ring (bicyclic) bond motifs is 1. The molecule has 0 spiro atoms. The molecular formula is C27H31F2N7O. The molecule has 2 aliphatic heterocycles. The Morgan fingerprint density at radius 2 is 1.97 bits per heavy atom. The lowest BCUT2D eigenvalue weighted by Crippen LogP contribution is -2.36. The molecule has 8 nitrogen and oxygen atoms in total. The normalized spacial score (nSPS) is 18.9. The van der Waals surface area contributed by atoms with Crippen molar-refractivity contribution in [3.63, 3.8) is 0 Å². The summed E-state index contributed by atoms with van der Waals surface area (Å²) in [5.41, 5.74) is 5.78. The number of rotatable bonds is 7. The summed E-state index contributed by atoms with van der Waals surface area (Å²) in [4.78, 5) is 13.9.